The van der Waals surface area contributed by atoms with Crippen molar-refractivity contribution in [3.05, 3.63) is 83.9 Å². The van der Waals surface area contributed by atoms with Crippen molar-refractivity contribution in [1.82, 2.24) is 0 Å². The van der Waals surface area contributed by atoms with Crippen molar-refractivity contribution in [3.63, 3.8) is 0 Å². The molecule has 0 aliphatic carbocycles. The van der Waals surface area contributed by atoms with Gasteiger partial charge in [0, 0.05) is 5.56 Å². The first-order chi connectivity index (χ1) is 14.8. The minimum atomic E-state index is 0.00940. The van der Waals surface area contributed by atoms with Crippen molar-refractivity contribution < 1.29 is 9.53 Å². The zero-order valence-electron chi connectivity index (χ0n) is 18.0. The van der Waals surface area contributed by atoms with E-state index >= 15 is 0 Å². The molecule has 0 atom stereocenters. The van der Waals surface area contributed by atoms with Gasteiger partial charge in [-0.3, -0.25) is 4.79 Å². The molecule has 0 heterocycles. The molecule has 0 aliphatic heterocycles. The summed E-state index contributed by atoms with van der Waals surface area (Å²) >= 11 is 0. The second kappa shape index (κ2) is 12.0. The summed E-state index contributed by atoms with van der Waals surface area (Å²) in [4.78, 5) is 12.6. The van der Waals surface area contributed by atoms with Crippen LogP contribution in [0, 0.1) is 0 Å². The highest BCUT2D eigenvalue weighted by Gasteiger charge is 2.03. The van der Waals surface area contributed by atoms with E-state index in [4.69, 9.17) is 4.74 Å². The largest absolute Gasteiger partial charge is 0.494 e. The molecule has 3 aromatic carbocycles. The first-order valence-electron chi connectivity index (χ1n) is 11.2. The Morgan fingerprint density at radius 2 is 1.57 bits per heavy atom. The monoisotopic (exact) mass is 400 g/mol. The molecule has 0 radical (unpaired) electrons. The number of ether oxygens (including phenoxy) is 1. The first kappa shape index (κ1) is 21.8. The molecule has 0 amide bonds. The Bertz CT molecular complexity index is 971. The minimum Gasteiger partial charge on any atom is -0.494 e. The van der Waals surface area contributed by atoms with Crippen LogP contribution in [0.15, 0.2) is 72.8 Å². The Labute approximate surface area is 180 Å². The highest BCUT2D eigenvalue weighted by Crippen LogP contribution is 2.18. The lowest BCUT2D eigenvalue weighted by Crippen LogP contribution is -1.97. The quantitative estimate of drug-likeness (QED) is 0.176. The van der Waals surface area contributed by atoms with Gasteiger partial charge >= 0.3 is 0 Å². The lowest BCUT2D eigenvalue weighted by Gasteiger charge is -2.07. The maximum atomic E-state index is 12.6. The van der Waals surface area contributed by atoms with Gasteiger partial charge in [0.1, 0.15) is 5.75 Å². The number of rotatable bonds is 12. The molecule has 2 nitrogen and oxygen atoms in total. The van der Waals surface area contributed by atoms with Crippen LogP contribution in [-0.4, -0.2) is 12.4 Å². The predicted molar refractivity (Wildman–Crippen MR) is 127 cm³/mol. The van der Waals surface area contributed by atoms with E-state index in [0.717, 1.165) is 35.1 Å². The summed E-state index contributed by atoms with van der Waals surface area (Å²) in [6.45, 7) is 2.99. The maximum absolute atomic E-state index is 12.6. The zero-order valence-corrected chi connectivity index (χ0v) is 18.0. The lowest BCUT2D eigenvalue weighted by atomic mass is 10.0. The van der Waals surface area contributed by atoms with Gasteiger partial charge in [0.25, 0.3) is 0 Å². The lowest BCUT2D eigenvalue weighted by molar-refractivity contribution is 0.104. The van der Waals surface area contributed by atoms with Gasteiger partial charge < -0.3 is 4.74 Å². The SMILES string of the molecule is CCCCCCCCCOc1cccc(/C=C/C(=O)c2ccc3ccccc3c2)c1. The number of hydrogen-bond acceptors (Lipinski definition) is 2. The summed E-state index contributed by atoms with van der Waals surface area (Å²) in [7, 11) is 0. The average Bonchev–Trinajstić information content (AvgIpc) is 2.79. The molecule has 0 aromatic heterocycles. The molecule has 3 rings (SSSR count). The summed E-state index contributed by atoms with van der Waals surface area (Å²) in [5, 5.41) is 2.22. The van der Waals surface area contributed by atoms with Crippen LogP contribution in [0.5, 0.6) is 5.75 Å². The van der Waals surface area contributed by atoms with Crippen LogP contribution in [0.2, 0.25) is 0 Å². The van der Waals surface area contributed by atoms with Crippen LogP contribution in [-0.2, 0) is 0 Å². The molecular weight excluding hydrogens is 368 g/mol. The van der Waals surface area contributed by atoms with Crippen LogP contribution in [0.1, 0.15) is 67.8 Å². The van der Waals surface area contributed by atoms with E-state index in [2.05, 4.69) is 13.0 Å². The maximum Gasteiger partial charge on any atom is 0.185 e. The van der Waals surface area contributed by atoms with Crippen molar-refractivity contribution in [3.8, 4) is 5.75 Å². The van der Waals surface area contributed by atoms with E-state index in [-0.39, 0.29) is 5.78 Å². The number of hydrogen-bond donors (Lipinski definition) is 0. The number of allylic oxidation sites excluding steroid dienone is 1. The molecule has 0 N–H and O–H groups in total. The van der Waals surface area contributed by atoms with Crippen molar-refractivity contribution in [2.45, 2.75) is 51.9 Å². The highest BCUT2D eigenvalue weighted by atomic mass is 16.5. The van der Waals surface area contributed by atoms with Gasteiger partial charge in [-0.15, -0.1) is 0 Å². The molecule has 0 fully saturated rings. The van der Waals surface area contributed by atoms with Crippen molar-refractivity contribution in [1.29, 1.82) is 0 Å². The Kier molecular flexibility index (Phi) is 8.71. The number of carbonyl (C=O) groups is 1. The summed E-state index contributed by atoms with van der Waals surface area (Å²) in [5.74, 6) is 0.872. The number of benzene rings is 3. The van der Waals surface area contributed by atoms with Crippen LogP contribution in [0.25, 0.3) is 16.8 Å². The molecular formula is C28H32O2. The van der Waals surface area contributed by atoms with Crippen LogP contribution in [0.3, 0.4) is 0 Å². The average molecular weight is 401 g/mol. The number of fused-ring (bicyclic) bond motifs is 1. The van der Waals surface area contributed by atoms with E-state index < -0.39 is 0 Å². The van der Waals surface area contributed by atoms with Gasteiger partial charge in [-0.25, -0.2) is 0 Å². The molecule has 156 valence electrons. The second-order valence-corrected chi connectivity index (χ2v) is 7.80. The van der Waals surface area contributed by atoms with Crippen molar-refractivity contribution >= 4 is 22.6 Å². The summed E-state index contributed by atoms with van der Waals surface area (Å²) in [6, 6.07) is 21.8. The number of unbranched alkanes of at least 4 members (excludes halogenated alkanes) is 6. The van der Waals surface area contributed by atoms with E-state index in [1.54, 1.807) is 6.08 Å². The van der Waals surface area contributed by atoms with Crippen molar-refractivity contribution in [2.75, 3.05) is 6.61 Å². The standard InChI is InChI=1S/C28H32O2/c1-2-3-4-5-6-7-10-20-30-27-15-11-12-23(21-27)16-19-28(29)26-18-17-24-13-8-9-14-25(24)22-26/h8-9,11-19,21-22H,2-7,10,20H2,1H3/b19-16+. The molecule has 30 heavy (non-hydrogen) atoms. The fraction of sp³-hybridized carbons (Fsp3) is 0.321. The Morgan fingerprint density at radius 1 is 0.800 bits per heavy atom. The van der Waals surface area contributed by atoms with Crippen LogP contribution >= 0.6 is 0 Å². The summed E-state index contributed by atoms with van der Waals surface area (Å²) in [5.41, 5.74) is 1.68. The summed E-state index contributed by atoms with van der Waals surface area (Å²) < 4.78 is 5.90. The topological polar surface area (TPSA) is 26.3 Å². The van der Waals surface area contributed by atoms with Gasteiger partial charge in [0.15, 0.2) is 5.78 Å². The van der Waals surface area contributed by atoms with Crippen LogP contribution < -0.4 is 4.74 Å². The minimum absolute atomic E-state index is 0.00940. The van der Waals surface area contributed by atoms with Gasteiger partial charge in [-0.1, -0.05) is 100 Å². The predicted octanol–water partition coefficient (Wildman–Crippen LogP) is 7.87. The molecule has 0 saturated heterocycles. The van der Waals surface area contributed by atoms with E-state index in [1.807, 2.05) is 66.7 Å². The Balaban J connectivity index is 1.49. The molecule has 0 unspecified atom stereocenters. The van der Waals surface area contributed by atoms with Gasteiger partial charge in [-0.05, 0) is 47.0 Å². The molecule has 2 heteroatoms. The zero-order chi connectivity index (χ0) is 21.0. The normalized spacial score (nSPS) is 11.2. The Hall–Kier alpha value is -2.87. The smallest absolute Gasteiger partial charge is 0.185 e. The fourth-order valence-corrected chi connectivity index (χ4v) is 3.57. The van der Waals surface area contributed by atoms with Gasteiger partial charge in [0.2, 0.25) is 0 Å². The highest BCUT2D eigenvalue weighted by molar-refractivity contribution is 6.08. The number of ketones is 1. The summed E-state index contributed by atoms with van der Waals surface area (Å²) in [6.07, 6.45) is 12.4. The van der Waals surface area contributed by atoms with Crippen LogP contribution in [0.4, 0.5) is 0 Å². The van der Waals surface area contributed by atoms with Gasteiger partial charge in [0.05, 0.1) is 6.61 Å². The molecule has 0 aliphatic rings. The van der Waals surface area contributed by atoms with E-state index in [0.29, 0.717) is 5.56 Å². The molecule has 3 aromatic rings. The molecule has 0 bridgehead atoms. The third-order valence-electron chi connectivity index (χ3n) is 5.34. The molecule has 0 saturated carbocycles. The Morgan fingerprint density at radius 3 is 2.40 bits per heavy atom. The van der Waals surface area contributed by atoms with Gasteiger partial charge in [-0.2, -0.15) is 0 Å². The third-order valence-corrected chi connectivity index (χ3v) is 5.34. The second-order valence-electron chi connectivity index (χ2n) is 7.80. The van der Waals surface area contributed by atoms with Crippen molar-refractivity contribution in [2.24, 2.45) is 0 Å². The number of carbonyl (C=O) groups excluding carboxylic acids is 1. The van der Waals surface area contributed by atoms with E-state index in [9.17, 15) is 4.79 Å². The van der Waals surface area contributed by atoms with E-state index in [1.165, 1.54) is 38.5 Å². The molecule has 0 spiro atoms. The first-order valence-corrected chi connectivity index (χ1v) is 11.2. The third kappa shape index (κ3) is 6.88. The fourth-order valence-electron chi connectivity index (χ4n) is 3.57.